The maximum Gasteiger partial charge on any atom is 0.254 e. The largest absolute Gasteiger partial charge is 0.254 e. The van der Waals surface area contributed by atoms with Gasteiger partial charge in [-0.2, -0.15) is 0 Å². The second kappa shape index (κ2) is 8.35. The molecule has 25 heavy (non-hydrogen) atoms. The summed E-state index contributed by atoms with van der Waals surface area (Å²) in [6.45, 7) is 5.19. The van der Waals surface area contributed by atoms with Crippen molar-refractivity contribution in [2.24, 2.45) is 0 Å². The van der Waals surface area contributed by atoms with Crippen LogP contribution in [0.2, 0.25) is 5.02 Å². The quantitative estimate of drug-likeness (QED) is 0.545. The average molecular weight is 354 g/mol. The second-order valence-electron chi connectivity index (χ2n) is 6.70. The zero-order valence-corrected chi connectivity index (χ0v) is 15.8. The number of nitrogens with one attached hydrogen (secondary N) is 1. The number of halogens is 1. The minimum Gasteiger partial charge on any atom is -0.247 e. The van der Waals surface area contributed by atoms with Gasteiger partial charge in [-0.3, -0.25) is 0 Å². The highest BCUT2D eigenvalue weighted by Gasteiger charge is 2.20. The van der Waals surface area contributed by atoms with Crippen LogP contribution in [0.25, 0.3) is 11.3 Å². The minimum atomic E-state index is 0.856. The van der Waals surface area contributed by atoms with E-state index in [2.05, 4.69) is 52.1 Å². The van der Waals surface area contributed by atoms with E-state index in [0.29, 0.717) is 0 Å². The lowest BCUT2D eigenvalue weighted by Gasteiger charge is -2.01. The standard InChI is InChI=1S/C14H16N2.C8H9Cl/c1-3-7-12(8-4-1)13-11-15-14-9-5-2-6-10-16(13)14;1-6-3-4-7(2)8(9)5-6/h1,3-4,7-8,11H,2,5-6,9-10H2;3-5H,1-2H3/p+1. The Bertz CT molecular complexity index is 821. The summed E-state index contributed by atoms with van der Waals surface area (Å²) in [5, 5.41) is 0.856. The fourth-order valence-corrected chi connectivity index (χ4v) is 3.44. The van der Waals surface area contributed by atoms with Crippen molar-refractivity contribution >= 4 is 11.6 Å². The third-order valence-electron chi connectivity index (χ3n) is 4.68. The number of imidazole rings is 1. The lowest BCUT2D eigenvalue weighted by molar-refractivity contribution is -0.691. The summed E-state index contributed by atoms with van der Waals surface area (Å²) in [5.41, 5.74) is 5.00. The van der Waals surface area contributed by atoms with Crippen molar-refractivity contribution in [2.45, 2.75) is 46.1 Å². The SMILES string of the molecule is Cc1ccc(C)c(Cl)c1.c1ccc(-c2c[nH]c3[n+]2CCCCC3)cc1. The van der Waals surface area contributed by atoms with Gasteiger partial charge in [0.2, 0.25) is 0 Å². The van der Waals surface area contributed by atoms with Gasteiger partial charge in [0.1, 0.15) is 6.20 Å². The number of fused-ring (bicyclic) bond motifs is 1. The number of aryl methyl sites for hydroxylation is 3. The van der Waals surface area contributed by atoms with E-state index in [4.69, 9.17) is 11.6 Å². The van der Waals surface area contributed by atoms with Crippen LogP contribution >= 0.6 is 11.6 Å². The summed E-state index contributed by atoms with van der Waals surface area (Å²) in [7, 11) is 0. The van der Waals surface area contributed by atoms with Crippen molar-refractivity contribution in [1.29, 1.82) is 0 Å². The predicted octanol–water partition coefficient (Wildman–Crippen LogP) is 5.65. The Morgan fingerprint density at radius 1 is 0.960 bits per heavy atom. The first-order valence-corrected chi connectivity index (χ1v) is 9.41. The highest BCUT2D eigenvalue weighted by Crippen LogP contribution is 2.18. The van der Waals surface area contributed by atoms with Gasteiger partial charge in [-0.25, -0.2) is 9.55 Å². The topological polar surface area (TPSA) is 19.7 Å². The van der Waals surface area contributed by atoms with Gasteiger partial charge < -0.3 is 0 Å². The van der Waals surface area contributed by atoms with Crippen LogP contribution in [0.3, 0.4) is 0 Å². The van der Waals surface area contributed by atoms with E-state index in [9.17, 15) is 0 Å². The molecule has 0 unspecified atom stereocenters. The summed E-state index contributed by atoms with van der Waals surface area (Å²) < 4.78 is 2.45. The van der Waals surface area contributed by atoms with Crippen molar-refractivity contribution in [3.05, 3.63) is 76.7 Å². The van der Waals surface area contributed by atoms with E-state index in [1.165, 1.54) is 48.3 Å². The predicted molar refractivity (Wildman–Crippen MR) is 105 cm³/mol. The molecule has 0 atom stereocenters. The number of benzene rings is 2. The normalized spacial score (nSPS) is 13.4. The van der Waals surface area contributed by atoms with E-state index < -0.39 is 0 Å². The van der Waals surface area contributed by atoms with Crippen LogP contribution in [-0.2, 0) is 13.0 Å². The van der Waals surface area contributed by atoms with Gasteiger partial charge in [0.15, 0.2) is 5.69 Å². The summed E-state index contributed by atoms with van der Waals surface area (Å²) in [6, 6.07) is 16.7. The molecule has 0 spiro atoms. The molecule has 130 valence electrons. The Morgan fingerprint density at radius 3 is 2.48 bits per heavy atom. The first kappa shape index (κ1) is 17.8. The summed E-state index contributed by atoms with van der Waals surface area (Å²) in [5.74, 6) is 1.39. The molecule has 1 aromatic heterocycles. The van der Waals surface area contributed by atoms with E-state index in [1.54, 1.807) is 0 Å². The maximum atomic E-state index is 5.81. The third kappa shape index (κ3) is 4.52. The van der Waals surface area contributed by atoms with Gasteiger partial charge in [-0.1, -0.05) is 54.1 Å². The van der Waals surface area contributed by atoms with Crippen LogP contribution in [0, 0.1) is 13.8 Å². The molecule has 3 aromatic rings. The van der Waals surface area contributed by atoms with Gasteiger partial charge in [-0.05, 0) is 50.3 Å². The fraction of sp³-hybridized carbons (Fsp3) is 0.318. The number of hydrogen-bond acceptors (Lipinski definition) is 0. The highest BCUT2D eigenvalue weighted by molar-refractivity contribution is 6.31. The maximum absolute atomic E-state index is 5.81. The summed E-state index contributed by atoms with van der Waals surface area (Å²) >= 11 is 5.81. The Balaban J connectivity index is 0.000000173. The molecule has 0 radical (unpaired) electrons. The molecule has 0 aliphatic carbocycles. The van der Waals surface area contributed by atoms with E-state index >= 15 is 0 Å². The molecule has 1 aliphatic heterocycles. The lowest BCUT2D eigenvalue weighted by Crippen LogP contribution is -2.37. The van der Waals surface area contributed by atoms with Crippen molar-refractivity contribution in [1.82, 2.24) is 4.98 Å². The van der Waals surface area contributed by atoms with Crippen molar-refractivity contribution in [3.8, 4) is 11.3 Å². The van der Waals surface area contributed by atoms with Crippen LogP contribution in [0.15, 0.2) is 54.7 Å². The molecule has 1 N–H and O–H groups in total. The first-order chi connectivity index (χ1) is 12.1. The first-order valence-electron chi connectivity index (χ1n) is 9.03. The minimum absolute atomic E-state index is 0.856. The molecule has 0 saturated carbocycles. The van der Waals surface area contributed by atoms with Gasteiger partial charge >= 0.3 is 0 Å². The molecule has 0 saturated heterocycles. The van der Waals surface area contributed by atoms with Crippen LogP contribution in [-0.4, -0.2) is 4.98 Å². The number of nitrogens with zero attached hydrogens (tertiary/aromatic N) is 1. The van der Waals surface area contributed by atoms with E-state index in [1.807, 2.05) is 26.0 Å². The van der Waals surface area contributed by atoms with E-state index in [0.717, 1.165) is 17.1 Å². The van der Waals surface area contributed by atoms with Crippen LogP contribution < -0.4 is 4.57 Å². The van der Waals surface area contributed by atoms with Crippen LogP contribution in [0.4, 0.5) is 0 Å². The molecular formula is C22H26ClN2+. The molecule has 0 bridgehead atoms. The molecule has 0 amide bonds. The molecular weight excluding hydrogens is 328 g/mol. The zero-order chi connectivity index (χ0) is 17.6. The molecule has 2 aromatic carbocycles. The smallest absolute Gasteiger partial charge is 0.247 e. The molecule has 2 nitrogen and oxygen atoms in total. The van der Waals surface area contributed by atoms with Crippen LogP contribution in [0.5, 0.6) is 0 Å². The molecule has 3 heteroatoms. The molecule has 2 heterocycles. The zero-order valence-electron chi connectivity index (χ0n) is 15.1. The van der Waals surface area contributed by atoms with Gasteiger partial charge in [0.25, 0.3) is 5.82 Å². The number of hydrogen-bond donors (Lipinski definition) is 1. The van der Waals surface area contributed by atoms with E-state index in [-0.39, 0.29) is 0 Å². The van der Waals surface area contributed by atoms with Crippen molar-refractivity contribution < 1.29 is 4.57 Å². The number of aromatic nitrogens is 2. The fourth-order valence-electron chi connectivity index (χ4n) is 3.20. The van der Waals surface area contributed by atoms with Gasteiger partial charge in [0.05, 0.1) is 6.54 Å². The van der Waals surface area contributed by atoms with Gasteiger partial charge in [0, 0.05) is 17.0 Å². The Hall–Kier alpha value is -2.06. The molecule has 4 rings (SSSR count). The number of rotatable bonds is 1. The summed E-state index contributed by atoms with van der Waals surface area (Å²) in [4.78, 5) is 3.43. The Labute approximate surface area is 155 Å². The van der Waals surface area contributed by atoms with Crippen LogP contribution in [0.1, 0.15) is 36.2 Å². The average Bonchev–Trinajstić information content (AvgIpc) is 2.88. The Kier molecular flexibility index (Phi) is 5.93. The third-order valence-corrected chi connectivity index (χ3v) is 5.09. The highest BCUT2D eigenvalue weighted by atomic mass is 35.5. The lowest BCUT2D eigenvalue weighted by atomic mass is 10.1. The van der Waals surface area contributed by atoms with Crippen molar-refractivity contribution in [3.63, 3.8) is 0 Å². The second-order valence-corrected chi connectivity index (χ2v) is 7.11. The number of aromatic amines is 1. The summed E-state index contributed by atoms with van der Waals surface area (Å²) in [6.07, 6.45) is 7.30. The molecule has 0 fully saturated rings. The van der Waals surface area contributed by atoms with Crippen molar-refractivity contribution in [2.75, 3.05) is 0 Å². The Morgan fingerprint density at radius 2 is 1.76 bits per heavy atom. The number of H-pyrrole nitrogens is 1. The molecule has 1 aliphatic rings. The monoisotopic (exact) mass is 353 g/mol. The van der Waals surface area contributed by atoms with Gasteiger partial charge in [-0.15, -0.1) is 0 Å².